The number of benzene rings is 2. The lowest BCUT2D eigenvalue weighted by molar-refractivity contribution is 0.0784. The number of rotatable bonds is 6. The zero-order chi connectivity index (χ0) is 18.5. The number of hydrogen-bond donors (Lipinski definition) is 0. The van der Waals surface area contributed by atoms with Gasteiger partial charge in [-0.3, -0.25) is 4.79 Å². The second kappa shape index (κ2) is 8.47. The summed E-state index contributed by atoms with van der Waals surface area (Å²) in [6.07, 6.45) is 0. The van der Waals surface area contributed by atoms with Gasteiger partial charge < -0.3 is 4.90 Å². The molecular weight excluding hydrogens is 367 g/mol. The van der Waals surface area contributed by atoms with Crippen LogP contribution in [0.5, 0.6) is 0 Å². The lowest BCUT2D eigenvalue weighted by Gasteiger charge is -2.18. The van der Waals surface area contributed by atoms with E-state index in [0.717, 1.165) is 21.3 Å². The molecule has 0 aliphatic carbocycles. The van der Waals surface area contributed by atoms with E-state index in [0.29, 0.717) is 11.1 Å². The fourth-order valence-electron chi connectivity index (χ4n) is 2.46. The molecule has 0 saturated heterocycles. The molecule has 1 aromatic heterocycles. The Kier molecular flexibility index (Phi) is 6.06. The minimum atomic E-state index is -0.294. The van der Waals surface area contributed by atoms with Gasteiger partial charge in [-0.1, -0.05) is 42.1 Å². The Morgan fingerprint density at radius 2 is 1.92 bits per heavy atom. The molecule has 0 saturated carbocycles. The van der Waals surface area contributed by atoms with E-state index in [1.165, 1.54) is 11.0 Å². The number of amides is 1. The van der Waals surface area contributed by atoms with Gasteiger partial charge in [-0.15, -0.1) is 11.3 Å². The second-order valence-electron chi connectivity index (χ2n) is 5.99. The Hall–Kier alpha value is -2.18. The predicted octanol–water partition coefficient (Wildman–Crippen LogP) is 5.16. The highest BCUT2D eigenvalue weighted by atomic mass is 32.2. The van der Waals surface area contributed by atoms with Gasteiger partial charge in [0, 0.05) is 41.5 Å². The summed E-state index contributed by atoms with van der Waals surface area (Å²) in [4.78, 5) is 18.5. The molecule has 0 aliphatic heterocycles. The summed E-state index contributed by atoms with van der Waals surface area (Å²) < 4.78 is 14.8. The molecule has 0 bridgehead atoms. The quantitative estimate of drug-likeness (QED) is 0.549. The Morgan fingerprint density at radius 3 is 2.58 bits per heavy atom. The van der Waals surface area contributed by atoms with E-state index in [1.54, 1.807) is 48.3 Å². The van der Waals surface area contributed by atoms with E-state index < -0.39 is 0 Å². The van der Waals surface area contributed by atoms with Gasteiger partial charge in [0.05, 0.1) is 0 Å². The largest absolute Gasteiger partial charge is 0.337 e. The van der Waals surface area contributed by atoms with Gasteiger partial charge in [0.25, 0.3) is 5.91 Å². The molecule has 6 heteroatoms. The maximum Gasteiger partial charge on any atom is 0.253 e. The number of thioether (sulfide) groups is 1. The zero-order valence-electron chi connectivity index (χ0n) is 14.6. The van der Waals surface area contributed by atoms with E-state index in [2.05, 4.69) is 4.98 Å². The minimum absolute atomic E-state index is 0.122. The monoisotopic (exact) mass is 386 g/mol. The molecule has 0 unspecified atom stereocenters. The van der Waals surface area contributed by atoms with Gasteiger partial charge in [-0.25, -0.2) is 9.37 Å². The number of aromatic nitrogens is 1. The molecule has 3 rings (SSSR count). The Morgan fingerprint density at radius 1 is 1.19 bits per heavy atom. The highest BCUT2D eigenvalue weighted by Gasteiger charge is 2.13. The third-order valence-corrected chi connectivity index (χ3v) is 6.08. The molecule has 26 heavy (non-hydrogen) atoms. The van der Waals surface area contributed by atoms with Crippen LogP contribution in [0.4, 0.5) is 4.39 Å². The highest BCUT2D eigenvalue weighted by molar-refractivity contribution is 8.00. The molecule has 0 fully saturated rings. The average molecular weight is 387 g/mol. The van der Waals surface area contributed by atoms with Crippen LogP contribution in [0.2, 0.25) is 0 Å². The van der Waals surface area contributed by atoms with Gasteiger partial charge in [-0.2, -0.15) is 0 Å². The van der Waals surface area contributed by atoms with Crippen LogP contribution in [-0.2, 0) is 12.3 Å². The highest BCUT2D eigenvalue weighted by Crippen LogP contribution is 2.26. The summed E-state index contributed by atoms with van der Waals surface area (Å²) in [6, 6.07) is 14.1. The SMILES string of the molecule is Cc1csc(SCc2ccc(C(=O)N(C)Cc3ccccc3F)cc2)n1. The number of carbonyl (C=O) groups excluding carboxylic acids is 1. The van der Waals surface area contributed by atoms with E-state index >= 15 is 0 Å². The van der Waals surface area contributed by atoms with Crippen molar-refractivity contribution in [3.63, 3.8) is 0 Å². The van der Waals surface area contributed by atoms with Gasteiger partial charge in [0.2, 0.25) is 0 Å². The lowest BCUT2D eigenvalue weighted by atomic mass is 10.1. The third-order valence-electron chi connectivity index (χ3n) is 3.87. The van der Waals surface area contributed by atoms with Crippen molar-refractivity contribution in [2.45, 2.75) is 23.6 Å². The van der Waals surface area contributed by atoms with E-state index in [9.17, 15) is 9.18 Å². The number of halogens is 1. The van der Waals surface area contributed by atoms with Crippen LogP contribution in [0.1, 0.15) is 27.2 Å². The Labute approximate surface area is 160 Å². The predicted molar refractivity (Wildman–Crippen MR) is 105 cm³/mol. The van der Waals surface area contributed by atoms with Crippen molar-refractivity contribution in [2.75, 3.05) is 7.05 Å². The summed E-state index contributed by atoms with van der Waals surface area (Å²) in [5, 5.41) is 2.04. The molecule has 134 valence electrons. The first-order valence-electron chi connectivity index (χ1n) is 8.15. The normalized spacial score (nSPS) is 10.7. The number of carbonyl (C=O) groups is 1. The van der Waals surface area contributed by atoms with Crippen molar-refractivity contribution in [3.8, 4) is 0 Å². The average Bonchev–Trinajstić information content (AvgIpc) is 3.07. The van der Waals surface area contributed by atoms with Crippen LogP contribution in [0.25, 0.3) is 0 Å². The topological polar surface area (TPSA) is 33.2 Å². The van der Waals surface area contributed by atoms with Gasteiger partial charge in [0.1, 0.15) is 10.2 Å². The lowest BCUT2D eigenvalue weighted by Crippen LogP contribution is -2.26. The van der Waals surface area contributed by atoms with Gasteiger partial charge >= 0.3 is 0 Å². The van der Waals surface area contributed by atoms with Crippen LogP contribution in [0, 0.1) is 12.7 Å². The molecule has 0 aliphatic rings. The molecule has 1 heterocycles. The van der Waals surface area contributed by atoms with E-state index in [-0.39, 0.29) is 18.3 Å². The molecule has 3 nitrogen and oxygen atoms in total. The number of hydrogen-bond acceptors (Lipinski definition) is 4. The second-order valence-corrected chi connectivity index (χ2v) is 8.07. The van der Waals surface area contributed by atoms with Crippen LogP contribution >= 0.6 is 23.1 Å². The fraction of sp³-hybridized carbons (Fsp3) is 0.200. The van der Waals surface area contributed by atoms with Crippen LogP contribution < -0.4 is 0 Å². The van der Waals surface area contributed by atoms with Gasteiger partial charge in [0.15, 0.2) is 0 Å². The van der Waals surface area contributed by atoms with Crippen molar-refractivity contribution in [1.82, 2.24) is 9.88 Å². The third kappa shape index (κ3) is 4.71. The standard InChI is InChI=1S/C20H19FN2OS2/c1-14-12-25-20(22-14)26-13-15-7-9-16(10-8-15)19(24)23(2)11-17-5-3-4-6-18(17)21/h3-10,12H,11,13H2,1-2H3. The summed E-state index contributed by atoms with van der Waals surface area (Å²) in [7, 11) is 1.68. The first-order chi connectivity index (χ1) is 12.5. The van der Waals surface area contributed by atoms with Crippen molar-refractivity contribution >= 4 is 29.0 Å². The van der Waals surface area contributed by atoms with Crippen molar-refractivity contribution in [2.24, 2.45) is 0 Å². The van der Waals surface area contributed by atoms with E-state index in [1.807, 2.05) is 36.6 Å². The van der Waals surface area contributed by atoms with Crippen molar-refractivity contribution in [3.05, 3.63) is 82.1 Å². The molecule has 0 N–H and O–H groups in total. The summed E-state index contributed by atoms with van der Waals surface area (Å²) in [6.45, 7) is 2.23. The van der Waals surface area contributed by atoms with Gasteiger partial charge in [-0.05, 0) is 30.7 Å². The summed E-state index contributed by atoms with van der Waals surface area (Å²) >= 11 is 3.33. The summed E-state index contributed by atoms with van der Waals surface area (Å²) in [5.41, 5.74) is 3.28. The molecule has 0 spiro atoms. The minimum Gasteiger partial charge on any atom is -0.337 e. The first-order valence-corrected chi connectivity index (χ1v) is 10.0. The smallest absolute Gasteiger partial charge is 0.253 e. The maximum atomic E-state index is 13.8. The fourth-order valence-corrected chi connectivity index (χ4v) is 4.27. The Bertz CT molecular complexity index is 893. The molecular formula is C20H19FN2OS2. The molecule has 2 aromatic carbocycles. The molecule has 3 aromatic rings. The zero-order valence-corrected chi connectivity index (χ0v) is 16.2. The summed E-state index contributed by atoms with van der Waals surface area (Å²) in [5.74, 6) is 0.395. The van der Waals surface area contributed by atoms with Crippen molar-refractivity contribution < 1.29 is 9.18 Å². The Balaban J connectivity index is 1.60. The van der Waals surface area contributed by atoms with Crippen LogP contribution in [-0.4, -0.2) is 22.8 Å². The van der Waals surface area contributed by atoms with Crippen LogP contribution in [0.3, 0.4) is 0 Å². The van der Waals surface area contributed by atoms with Crippen LogP contribution in [0.15, 0.2) is 58.3 Å². The molecule has 0 atom stereocenters. The maximum absolute atomic E-state index is 13.8. The number of thiazole rings is 1. The van der Waals surface area contributed by atoms with E-state index in [4.69, 9.17) is 0 Å². The first kappa shape index (κ1) is 18.6. The molecule has 0 radical (unpaired) electrons. The number of aryl methyl sites for hydroxylation is 1. The molecule has 1 amide bonds. The van der Waals surface area contributed by atoms with Crippen molar-refractivity contribution in [1.29, 1.82) is 0 Å². The number of nitrogens with zero attached hydrogens (tertiary/aromatic N) is 2.